The van der Waals surface area contributed by atoms with E-state index in [2.05, 4.69) is 46.7 Å². The summed E-state index contributed by atoms with van der Waals surface area (Å²) in [6, 6.07) is 14.6. The van der Waals surface area contributed by atoms with E-state index in [1.807, 2.05) is 18.2 Å². The van der Waals surface area contributed by atoms with Crippen molar-refractivity contribution < 1.29 is 9.59 Å². The minimum absolute atomic E-state index is 0.0144. The fourth-order valence-corrected chi connectivity index (χ4v) is 4.13. The fourth-order valence-electron chi connectivity index (χ4n) is 4.13. The number of amides is 2. The Bertz CT molecular complexity index is 870. The monoisotopic (exact) mass is 377 g/mol. The lowest BCUT2D eigenvalue weighted by atomic mass is 10.0. The Morgan fingerprint density at radius 3 is 2.64 bits per heavy atom. The van der Waals surface area contributed by atoms with Gasteiger partial charge in [0.1, 0.15) is 0 Å². The smallest absolute Gasteiger partial charge is 0.228 e. The first-order valence-electron chi connectivity index (χ1n) is 10.1. The average molecular weight is 377 g/mol. The Labute approximate surface area is 166 Å². The van der Waals surface area contributed by atoms with Crippen LogP contribution in [0, 0.1) is 6.92 Å². The van der Waals surface area contributed by atoms with Crippen molar-refractivity contribution in [1.29, 1.82) is 0 Å². The number of fused-ring (bicyclic) bond motifs is 1. The molecule has 1 saturated heterocycles. The van der Waals surface area contributed by atoms with Crippen LogP contribution in [-0.4, -0.2) is 36.3 Å². The van der Waals surface area contributed by atoms with E-state index in [4.69, 9.17) is 0 Å². The Morgan fingerprint density at radius 2 is 1.89 bits per heavy atom. The highest BCUT2D eigenvalue weighted by molar-refractivity contribution is 5.99. The van der Waals surface area contributed by atoms with Gasteiger partial charge in [0.2, 0.25) is 11.8 Å². The van der Waals surface area contributed by atoms with Gasteiger partial charge >= 0.3 is 0 Å². The van der Waals surface area contributed by atoms with E-state index in [0.29, 0.717) is 19.4 Å². The van der Waals surface area contributed by atoms with Crippen molar-refractivity contribution in [1.82, 2.24) is 10.2 Å². The van der Waals surface area contributed by atoms with Crippen molar-refractivity contribution in [2.45, 2.75) is 38.6 Å². The summed E-state index contributed by atoms with van der Waals surface area (Å²) in [6.07, 6.45) is 3.19. The number of hydrogen-bond acceptors (Lipinski definition) is 3. The van der Waals surface area contributed by atoms with E-state index in [1.54, 1.807) is 0 Å². The molecular weight excluding hydrogens is 350 g/mol. The first-order chi connectivity index (χ1) is 13.6. The van der Waals surface area contributed by atoms with Gasteiger partial charge in [0.25, 0.3) is 0 Å². The number of carbonyl (C=O) groups is 2. The number of benzene rings is 2. The molecule has 4 rings (SSSR count). The van der Waals surface area contributed by atoms with Gasteiger partial charge < -0.3 is 10.6 Å². The van der Waals surface area contributed by atoms with Crippen LogP contribution in [0.5, 0.6) is 0 Å². The quantitative estimate of drug-likeness (QED) is 0.814. The number of carbonyl (C=O) groups excluding carboxylic acids is 2. The zero-order valence-electron chi connectivity index (χ0n) is 16.3. The molecule has 1 fully saturated rings. The Hall–Kier alpha value is -2.66. The summed E-state index contributed by atoms with van der Waals surface area (Å²) in [6.45, 7) is 4.87. The van der Waals surface area contributed by atoms with Gasteiger partial charge in [0.15, 0.2) is 0 Å². The van der Waals surface area contributed by atoms with E-state index in [-0.39, 0.29) is 17.9 Å². The average Bonchev–Trinajstić information content (AvgIpc) is 3.32. The van der Waals surface area contributed by atoms with Gasteiger partial charge in [-0.3, -0.25) is 14.5 Å². The van der Waals surface area contributed by atoms with Crippen molar-refractivity contribution in [3.05, 3.63) is 64.7 Å². The predicted molar refractivity (Wildman–Crippen MR) is 110 cm³/mol. The summed E-state index contributed by atoms with van der Waals surface area (Å²) in [5.74, 6) is 0.0312. The van der Waals surface area contributed by atoms with Crippen molar-refractivity contribution in [3.63, 3.8) is 0 Å². The van der Waals surface area contributed by atoms with Crippen LogP contribution in [0.25, 0.3) is 0 Å². The molecule has 2 aromatic carbocycles. The molecule has 5 heteroatoms. The normalized spacial score (nSPS) is 17.2. The van der Waals surface area contributed by atoms with Gasteiger partial charge in [0, 0.05) is 12.2 Å². The molecule has 0 saturated carbocycles. The maximum Gasteiger partial charge on any atom is 0.228 e. The molecule has 5 nitrogen and oxygen atoms in total. The maximum absolute atomic E-state index is 12.6. The van der Waals surface area contributed by atoms with Crippen LogP contribution < -0.4 is 10.6 Å². The van der Waals surface area contributed by atoms with Gasteiger partial charge in [-0.25, -0.2) is 0 Å². The molecule has 146 valence electrons. The maximum atomic E-state index is 12.6. The van der Waals surface area contributed by atoms with E-state index < -0.39 is 0 Å². The number of nitrogens with one attached hydrogen (secondary N) is 2. The summed E-state index contributed by atoms with van der Waals surface area (Å²) in [7, 11) is 0. The van der Waals surface area contributed by atoms with Gasteiger partial charge in [0.05, 0.1) is 18.9 Å². The third kappa shape index (κ3) is 4.25. The van der Waals surface area contributed by atoms with Crippen LogP contribution in [-0.2, 0) is 22.4 Å². The van der Waals surface area contributed by atoms with E-state index in [1.165, 1.54) is 24.0 Å². The highest BCUT2D eigenvalue weighted by Gasteiger charge is 2.24. The highest BCUT2D eigenvalue weighted by Crippen LogP contribution is 2.26. The van der Waals surface area contributed by atoms with Crippen molar-refractivity contribution in [3.8, 4) is 0 Å². The molecular formula is C23H27N3O2. The molecule has 2 aliphatic rings. The molecule has 1 atom stereocenters. The van der Waals surface area contributed by atoms with Crippen LogP contribution in [0.1, 0.15) is 41.1 Å². The number of nitrogens with zero attached hydrogens (tertiary/aromatic N) is 1. The van der Waals surface area contributed by atoms with Crippen LogP contribution in [0.3, 0.4) is 0 Å². The predicted octanol–water partition coefficient (Wildman–Crippen LogP) is 2.99. The zero-order valence-corrected chi connectivity index (χ0v) is 16.3. The topological polar surface area (TPSA) is 61.4 Å². The molecule has 2 amide bonds. The number of likely N-dealkylation sites (tertiary alicyclic amines) is 1. The van der Waals surface area contributed by atoms with E-state index in [0.717, 1.165) is 29.9 Å². The van der Waals surface area contributed by atoms with Crippen LogP contribution in [0.2, 0.25) is 0 Å². The highest BCUT2D eigenvalue weighted by atomic mass is 16.2. The number of hydrogen-bond donors (Lipinski definition) is 2. The molecule has 0 radical (unpaired) electrons. The number of anilines is 1. The zero-order chi connectivity index (χ0) is 19.5. The van der Waals surface area contributed by atoms with E-state index in [9.17, 15) is 9.59 Å². The van der Waals surface area contributed by atoms with Gasteiger partial charge in [-0.15, -0.1) is 0 Å². The fraction of sp³-hybridized carbons (Fsp3) is 0.391. The van der Waals surface area contributed by atoms with Crippen LogP contribution >= 0.6 is 0 Å². The van der Waals surface area contributed by atoms with Gasteiger partial charge in [-0.05, 0) is 55.6 Å². The standard InChI is InChI=1S/C23H27N3O2/c1-16-4-7-18(8-5-16)21(26-10-2-3-11-26)15-24-22(27)13-17-6-9-19-14-23(28)25-20(19)12-17/h4-9,12,21H,2-3,10-11,13-15H2,1H3,(H,24,27)(H,25,28). The lowest BCUT2D eigenvalue weighted by Crippen LogP contribution is -2.37. The second-order valence-electron chi connectivity index (χ2n) is 7.87. The Kier molecular flexibility index (Phi) is 5.44. The second-order valence-corrected chi connectivity index (χ2v) is 7.87. The first-order valence-corrected chi connectivity index (χ1v) is 10.1. The largest absolute Gasteiger partial charge is 0.354 e. The van der Waals surface area contributed by atoms with Crippen LogP contribution in [0.15, 0.2) is 42.5 Å². The molecule has 0 aromatic heterocycles. The molecule has 2 aliphatic heterocycles. The summed E-state index contributed by atoms with van der Waals surface area (Å²) in [5.41, 5.74) is 5.27. The van der Waals surface area contributed by atoms with Crippen molar-refractivity contribution >= 4 is 17.5 Å². The lowest BCUT2D eigenvalue weighted by molar-refractivity contribution is -0.120. The minimum Gasteiger partial charge on any atom is -0.354 e. The summed E-state index contributed by atoms with van der Waals surface area (Å²) >= 11 is 0. The molecule has 2 aromatic rings. The Morgan fingerprint density at radius 1 is 1.14 bits per heavy atom. The third-order valence-corrected chi connectivity index (χ3v) is 5.70. The third-order valence-electron chi connectivity index (χ3n) is 5.70. The molecule has 1 unspecified atom stereocenters. The second kappa shape index (κ2) is 8.15. The molecule has 28 heavy (non-hydrogen) atoms. The Balaban J connectivity index is 1.39. The number of aryl methyl sites for hydroxylation is 1. The SMILES string of the molecule is Cc1ccc(C(CNC(=O)Cc2ccc3c(c2)NC(=O)C3)N2CCCC2)cc1. The molecule has 0 spiro atoms. The summed E-state index contributed by atoms with van der Waals surface area (Å²) in [5, 5.41) is 5.98. The molecule has 0 bridgehead atoms. The summed E-state index contributed by atoms with van der Waals surface area (Å²) < 4.78 is 0. The molecule has 0 aliphatic carbocycles. The minimum atomic E-state index is 0.0144. The summed E-state index contributed by atoms with van der Waals surface area (Å²) in [4.78, 5) is 26.5. The molecule has 2 heterocycles. The van der Waals surface area contributed by atoms with Crippen LogP contribution in [0.4, 0.5) is 5.69 Å². The van der Waals surface area contributed by atoms with Gasteiger partial charge in [-0.2, -0.15) is 0 Å². The molecule has 2 N–H and O–H groups in total. The lowest BCUT2D eigenvalue weighted by Gasteiger charge is -2.28. The van der Waals surface area contributed by atoms with Crippen molar-refractivity contribution in [2.24, 2.45) is 0 Å². The van der Waals surface area contributed by atoms with Crippen molar-refractivity contribution in [2.75, 3.05) is 25.0 Å². The first kappa shape index (κ1) is 18.7. The van der Waals surface area contributed by atoms with Gasteiger partial charge in [-0.1, -0.05) is 42.0 Å². The number of rotatable bonds is 6. The van der Waals surface area contributed by atoms with E-state index >= 15 is 0 Å².